The first-order valence-electron chi connectivity index (χ1n) is 13.8. The van der Waals surface area contributed by atoms with Gasteiger partial charge in [-0.1, -0.05) is 78.9 Å². The minimum absolute atomic E-state index is 0.117. The van der Waals surface area contributed by atoms with Crippen LogP contribution in [0.1, 0.15) is 40.2 Å². The maximum atomic E-state index is 13.3. The van der Waals surface area contributed by atoms with Crippen LogP contribution in [0.4, 0.5) is 5.82 Å². The minimum atomic E-state index is -0.886. The first-order valence-corrected chi connectivity index (χ1v) is 13.8. The molecule has 1 aromatic heterocycles. The van der Waals surface area contributed by atoms with Gasteiger partial charge in [0.1, 0.15) is 19.0 Å². The molecule has 0 fully saturated rings. The van der Waals surface area contributed by atoms with Gasteiger partial charge in [-0.25, -0.2) is 4.79 Å². The maximum absolute atomic E-state index is 13.3. The normalized spacial score (nSPS) is 16.2. The average Bonchev–Trinajstić information content (AvgIpc) is 3.35. The standard InChI is InChI=1S/C33H33N3O6/c1-3-40-29-28(41-21-25-15-9-5-10-16-25)27(22-39-20-24-13-7-4-8-14-24)42-32(29)36-19-23(2)30(35-33(36)38)34-31(37)26-17-11-6-12-18-26/h4-19,29,32H,3,20-22H2,1-2H3,(H,34,35,37,38)/t29-,32?/m0/s1. The Bertz CT molecular complexity index is 1570. The second kappa shape index (κ2) is 13.8. The van der Waals surface area contributed by atoms with E-state index in [0.29, 0.717) is 35.9 Å². The summed E-state index contributed by atoms with van der Waals surface area (Å²) < 4.78 is 26.0. The van der Waals surface area contributed by atoms with E-state index in [4.69, 9.17) is 18.9 Å². The zero-order valence-electron chi connectivity index (χ0n) is 23.6. The van der Waals surface area contributed by atoms with E-state index in [1.807, 2.05) is 73.7 Å². The van der Waals surface area contributed by atoms with Crippen molar-refractivity contribution in [3.8, 4) is 0 Å². The zero-order valence-corrected chi connectivity index (χ0v) is 23.6. The molecule has 3 aromatic carbocycles. The fraction of sp³-hybridized carbons (Fsp3) is 0.242. The van der Waals surface area contributed by atoms with E-state index in [1.165, 1.54) is 4.57 Å². The highest BCUT2D eigenvalue weighted by Gasteiger charge is 2.41. The first kappa shape index (κ1) is 28.8. The number of benzene rings is 3. The van der Waals surface area contributed by atoms with Crippen LogP contribution in [0.15, 0.2) is 114 Å². The predicted molar refractivity (Wildman–Crippen MR) is 158 cm³/mol. The molecule has 216 valence electrons. The number of hydrogen-bond donors (Lipinski definition) is 1. The Labute approximate surface area is 244 Å². The third kappa shape index (κ3) is 6.94. The molecule has 0 saturated heterocycles. The van der Waals surface area contributed by atoms with Crippen molar-refractivity contribution >= 4 is 11.7 Å². The van der Waals surface area contributed by atoms with Gasteiger partial charge in [0.25, 0.3) is 5.91 Å². The Kier molecular flexibility index (Phi) is 9.43. The largest absolute Gasteiger partial charge is 0.487 e. The Morgan fingerprint density at radius 2 is 1.52 bits per heavy atom. The summed E-state index contributed by atoms with van der Waals surface area (Å²) in [6.07, 6.45) is -0.00353. The molecule has 2 atom stereocenters. The van der Waals surface area contributed by atoms with Crippen LogP contribution in [0, 0.1) is 6.92 Å². The Morgan fingerprint density at radius 3 is 2.17 bits per heavy atom. The molecule has 0 aliphatic carbocycles. The van der Waals surface area contributed by atoms with Gasteiger partial charge < -0.3 is 24.3 Å². The van der Waals surface area contributed by atoms with Crippen LogP contribution >= 0.6 is 0 Å². The highest BCUT2D eigenvalue weighted by atomic mass is 16.6. The fourth-order valence-electron chi connectivity index (χ4n) is 4.58. The van der Waals surface area contributed by atoms with Gasteiger partial charge in [0.2, 0.25) is 6.23 Å². The van der Waals surface area contributed by atoms with Gasteiger partial charge in [-0.05, 0) is 37.1 Å². The van der Waals surface area contributed by atoms with Crippen LogP contribution in [0.3, 0.4) is 0 Å². The van der Waals surface area contributed by atoms with E-state index in [1.54, 1.807) is 37.4 Å². The topological polar surface area (TPSA) is 101 Å². The van der Waals surface area contributed by atoms with E-state index in [-0.39, 0.29) is 24.9 Å². The van der Waals surface area contributed by atoms with E-state index in [9.17, 15) is 9.59 Å². The highest BCUT2D eigenvalue weighted by Crippen LogP contribution is 2.36. The maximum Gasteiger partial charge on any atom is 0.352 e. The van der Waals surface area contributed by atoms with Crippen molar-refractivity contribution in [3.05, 3.63) is 141 Å². The predicted octanol–water partition coefficient (Wildman–Crippen LogP) is 5.38. The lowest BCUT2D eigenvalue weighted by atomic mass is 10.2. The quantitative estimate of drug-likeness (QED) is 0.245. The summed E-state index contributed by atoms with van der Waals surface area (Å²) in [6, 6.07) is 28.3. The molecule has 0 bridgehead atoms. The molecule has 1 amide bonds. The molecule has 1 unspecified atom stereocenters. The van der Waals surface area contributed by atoms with E-state index in [2.05, 4.69) is 10.3 Å². The van der Waals surface area contributed by atoms with Crippen molar-refractivity contribution in [2.24, 2.45) is 0 Å². The number of ether oxygens (including phenoxy) is 4. The third-order valence-electron chi connectivity index (χ3n) is 6.66. The number of carbonyl (C=O) groups is 1. The number of hydrogen-bond acceptors (Lipinski definition) is 7. The smallest absolute Gasteiger partial charge is 0.352 e. The number of aryl methyl sites for hydroxylation is 1. The number of nitrogens with one attached hydrogen (secondary N) is 1. The van der Waals surface area contributed by atoms with Crippen molar-refractivity contribution in [2.75, 3.05) is 18.5 Å². The molecule has 1 N–H and O–H groups in total. The molecule has 42 heavy (non-hydrogen) atoms. The van der Waals surface area contributed by atoms with Crippen LogP contribution in [0.25, 0.3) is 0 Å². The molecular weight excluding hydrogens is 534 g/mol. The van der Waals surface area contributed by atoms with Crippen molar-refractivity contribution in [2.45, 2.75) is 39.4 Å². The highest BCUT2D eigenvalue weighted by molar-refractivity contribution is 6.04. The van der Waals surface area contributed by atoms with Gasteiger partial charge in [0.05, 0.1) is 6.61 Å². The molecule has 2 heterocycles. The van der Waals surface area contributed by atoms with Crippen molar-refractivity contribution in [3.63, 3.8) is 0 Å². The summed E-state index contributed by atoms with van der Waals surface area (Å²) in [5, 5.41) is 2.73. The summed E-state index contributed by atoms with van der Waals surface area (Å²) in [6.45, 7) is 4.76. The van der Waals surface area contributed by atoms with E-state index < -0.39 is 18.0 Å². The molecule has 0 radical (unpaired) electrons. The Balaban J connectivity index is 1.39. The van der Waals surface area contributed by atoms with Gasteiger partial charge in [0, 0.05) is 23.9 Å². The van der Waals surface area contributed by atoms with Gasteiger partial charge in [-0.15, -0.1) is 0 Å². The summed E-state index contributed by atoms with van der Waals surface area (Å²) in [4.78, 5) is 30.2. The van der Waals surface area contributed by atoms with Crippen molar-refractivity contribution in [1.82, 2.24) is 9.55 Å². The minimum Gasteiger partial charge on any atom is -0.487 e. The second-order valence-electron chi connectivity index (χ2n) is 9.71. The first-order chi connectivity index (χ1) is 20.5. The van der Waals surface area contributed by atoms with Crippen LogP contribution in [-0.4, -0.2) is 34.8 Å². The molecule has 0 spiro atoms. The molecule has 9 heteroatoms. The third-order valence-corrected chi connectivity index (χ3v) is 6.66. The molecule has 1 aliphatic heterocycles. The monoisotopic (exact) mass is 567 g/mol. The Hall–Kier alpha value is -4.73. The average molecular weight is 568 g/mol. The lowest BCUT2D eigenvalue weighted by Crippen LogP contribution is -2.35. The van der Waals surface area contributed by atoms with Gasteiger partial charge in [-0.3, -0.25) is 9.36 Å². The molecular formula is C33H33N3O6. The zero-order chi connectivity index (χ0) is 29.3. The molecule has 4 aromatic rings. The van der Waals surface area contributed by atoms with Crippen molar-refractivity contribution < 1.29 is 23.7 Å². The summed E-state index contributed by atoms with van der Waals surface area (Å²) >= 11 is 0. The van der Waals surface area contributed by atoms with Crippen LogP contribution < -0.4 is 11.0 Å². The number of nitrogens with zero attached hydrogens (tertiary/aromatic N) is 2. The molecule has 9 nitrogen and oxygen atoms in total. The molecule has 5 rings (SSSR count). The lowest BCUT2D eigenvalue weighted by Gasteiger charge is -2.23. The number of aromatic nitrogens is 2. The van der Waals surface area contributed by atoms with E-state index in [0.717, 1.165) is 11.1 Å². The number of anilines is 1. The van der Waals surface area contributed by atoms with Gasteiger partial charge in [0.15, 0.2) is 17.6 Å². The van der Waals surface area contributed by atoms with Crippen molar-refractivity contribution in [1.29, 1.82) is 0 Å². The number of carbonyl (C=O) groups excluding carboxylic acids is 1. The molecule has 1 aliphatic rings. The second-order valence-corrected chi connectivity index (χ2v) is 9.71. The van der Waals surface area contributed by atoms with Crippen LogP contribution in [-0.2, 0) is 32.2 Å². The number of rotatable bonds is 12. The SMILES string of the molecule is CCO[C@H]1C(OCc2ccccc2)=C(COCc2ccccc2)OC1n1cc(C)c(NC(=O)c2ccccc2)nc1=O. The lowest BCUT2D eigenvalue weighted by molar-refractivity contribution is -0.0593. The summed E-state index contributed by atoms with van der Waals surface area (Å²) in [5.74, 6) is 0.723. The number of amides is 1. The summed E-state index contributed by atoms with van der Waals surface area (Å²) in [5.41, 5.74) is 2.43. The van der Waals surface area contributed by atoms with Gasteiger partial charge >= 0.3 is 5.69 Å². The van der Waals surface area contributed by atoms with Gasteiger partial charge in [-0.2, -0.15) is 4.98 Å². The van der Waals surface area contributed by atoms with E-state index >= 15 is 0 Å². The molecule has 0 saturated carbocycles. The van der Waals surface area contributed by atoms with Crippen LogP contribution in [0.2, 0.25) is 0 Å². The fourth-order valence-corrected chi connectivity index (χ4v) is 4.58. The Morgan fingerprint density at radius 1 is 0.905 bits per heavy atom. The van der Waals surface area contributed by atoms with Crippen LogP contribution in [0.5, 0.6) is 0 Å². The summed E-state index contributed by atoms with van der Waals surface area (Å²) in [7, 11) is 0.